The average molecular weight is 426 g/mol. The first-order valence-corrected chi connectivity index (χ1v) is 11.1. The monoisotopic (exact) mass is 425 g/mol. The van der Waals surface area contributed by atoms with E-state index < -0.39 is 0 Å². The van der Waals surface area contributed by atoms with Gasteiger partial charge in [-0.1, -0.05) is 12.1 Å². The summed E-state index contributed by atoms with van der Waals surface area (Å²) in [5, 5.41) is 2.95. The van der Waals surface area contributed by atoms with E-state index in [1.165, 1.54) is 17.7 Å². The Kier molecular flexibility index (Phi) is 6.88. The maximum atomic E-state index is 13.1. The number of carbonyl (C=O) groups is 1. The van der Waals surface area contributed by atoms with E-state index in [4.69, 9.17) is 4.74 Å². The number of rotatable bonds is 6. The second-order valence-corrected chi connectivity index (χ2v) is 8.90. The van der Waals surface area contributed by atoms with Gasteiger partial charge in [0.15, 0.2) is 0 Å². The van der Waals surface area contributed by atoms with Crippen molar-refractivity contribution in [2.45, 2.75) is 31.8 Å². The number of carbonyl (C=O) groups excluding carboxylic acids is 1. The van der Waals surface area contributed by atoms with Gasteiger partial charge in [-0.25, -0.2) is 4.39 Å². The summed E-state index contributed by atoms with van der Waals surface area (Å²) in [6.45, 7) is 3.90. The van der Waals surface area contributed by atoms with Crippen LogP contribution in [-0.2, 0) is 11.3 Å². The van der Waals surface area contributed by atoms with E-state index in [2.05, 4.69) is 34.3 Å². The van der Waals surface area contributed by atoms with E-state index in [1.54, 1.807) is 19.2 Å². The van der Waals surface area contributed by atoms with Crippen molar-refractivity contribution >= 4 is 11.6 Å². The van der Waals surface area contributed by atoms with Gasteiger partial charge in [-0.15, -0.1) is 0 Å². The van der Waals surface area contributed by atoms with Gasteiger partial charge in [0.25, 0.3) is 0 Å². The maximum Gasteiger partial charge on any atom is 0.228 e. The molecule has 1 N–H and O–H groups in total. The van der Waals surface area contributed by atoms with Gasteiger partial charge in [0.2, 0.25) is 5.91 Å². The molecule has 0 aromatic heterocycles. The first-order chi connectivity index (χ1) is 15.0. The molecule has 0 aliphatic carbocycles. The van der Waals surface area contributed by atoms with Crippen molar-refractivity contribution in [1.29, 1.82) is 0 Å². The van der Waals surface area contributed by atoms with Gasteiger partial charge >= 0.3 is 0 Å². The fraction of sp³-hybridized carbons (Fsp3) is 0.480. The van der Waals surface area contributed by atoms with E-state index in [0.717, 1.165) is 51.2 Å². The minimum Gasteiger partial charge on any atom is -0.497 e. The normalized spacial score (nSPS) is 23.1. The van der Waals surface area contributed by atoms with E-state index in [-0.39, 0.29) is 17.6 Å². The summed E-state index contributed by atoms with van der Waals surface area (Å²) in [6, 6.07) is 14.7. The van der Waals surface area contributed by atoms with Gasteiger partial charge in [0.1, 0.15) is 11.6 Å². The van der Waals surface area contributed by atoms with Crippen molar-refractivity contribution in [2.75, 3.05) is 39.1 Å². The lowest BCUT2D eigenvalue weighted by Gasteiger charge is -2.37. The van der Waals surface area contributed by atoms with Crippen molar-refractivity contribution in [3.8, 4) is 5.75 Å². The highest BCUT2D eigenvalue weighted by atomic mass is 19.1. The Hall–Kier alpha value is -2.44. The van der Waals surface area contributed by atoms with Crippen LogP contribution in [0, 0.1) is 17.7 Å². The zero-order valence-electron chi connectivity index (χ0n) is 18.4. The molecule has 1 amide bonds. The topological polar surface area (TPSA) is 44.8 Å². The first kappa shape index (κ1) is 21.8. The molecule has 0 spiro atoms. The Labute approximate surface area is 184 Å². The third-order valence-electron chi connectivity index (χ3n) is 6.80. The van der Waals surface area contributed by atoms with E-state index in [9.17, 15) is 9.18 Å². The van der Waals surface area contributed by atoms with Crippen LogP contribution in [0.3, 0.4) is 0 Å². The Morgan fingerprint density at radius 3 is 2.61 bits per heavy atom. The van der Waals surface area contributed by atoms with Gasteiger partial charge in [0, 0.05) is 24.8 Å². The van der Waals surface area contributed by atoms with Crippen LogP contribution in [0.15, 0.2) is 48.5 Å². The molecule has 6 heteroatoms. The number of halogens is 1. The molecule has 2 aromatic rings. The summed E-state index contributed by atoms with van der Waals surface area (Å²) in [5.41, 5.74) is 1.94. The number of nitrogens with one attached hydrogen (secondary N) is 1. The van der Waals surface area contributed by atoms with Crippen LogP contribution in [-0.4, -0.2) is 55.5 Å². The van der Waals surface area contributed by atoms with Crippen LogP contribution in [0.2, 0.25) is 0 Å². The molecule has 5 nitrogen and oxygen atoms in total. The summed E-state index contributed by atoms with van der Waals surface area (Å²) in [5.74, 6) is 1.25. The predicted octanol–water partition coefficient (Wildman–Crippen LogP) is 4.01. The molecule has 0 unspecified atom stereocenters. The second-order valence-electron chi connectivity index (χ2n) is 8.90. The minimum atomic E-state index is -0.295. The highest BCUT2D eigenvalue weighted by Gasteiger charge is 2.39. The lowest BCUT2D eigenvalue weighted by Crippen LogP contribution is -2.41. The molecule has 2 aliphatic rings. The number of methoxy groups -OCH3 is 1. The largest absolute Gasteiger partial charge is 0.497 e. The Morgan fingerprint density at radius 1 is 1.16 bits per heavy atom. The summed E-state index contributed by atoms with van der Waals surface area (Å²) in [4.78, 5) is 17.6. The zero-order chi connectivity index (χ0) is 21.8. The number of hydrogen-bond donors (Lipinski definition) is 1. The van der Waals surface area contributed by atoms with Crippen LogP contribution in [0.5, 0.6) is 5.75 Å². The fourth-order valence-corrected chi connectivity index (χ4v) is 5.07. The van der Waals surface area contributed by atoms with Crippen LogP contribution in [0.4, 0.5) is 10.1 Å². The molecule has 2 saturated heterocycles. The van der Waals surface area contributed by atoms with Crippen molar-refractivity contribution in [1.82, 2.24) is 9.80 Å². The van der Waals surface area contributed by atoms with Crippen molar-refractivity contribution in [3.63, 3.8) is 0 Å². The number of anilines is 1. The van der Waals surface area contributed by atoms with E-state index >= 15 is 0 Å². The number of benzene rings is 2. The third kappa shape index (κ3) is 5.43. The first-order valence-electron chi connectivity index (χ1n) is 11.1. The minimum absolute atomic E-state index is 0.0186. The third-order valence-corrected chi connectivity index (χ3v) is 6.80. The quantitative estimate of drug-likeness (QED) is 0.760. The molecule has 0 bridgehead atoms. The van der Waals surface area contributed by atoms with Crippen LogP contribution < -0.4 is 10.1 Å². The SMILES string of the molecule is COc1cccc(CN2CCC([C@@H]3C[C@@H](C(=O)Nc4ccc(F)cc4)CN3C)CC2)c1. The zero-order valence-corrected chi connectivity index (χ0v) is 18.4. The lowest BCUT2D eigenvalue weighted by molar-refractivity contribution is -0.119. The summed E-state index contributed by atoms with van der Waals surface area (Å²) in [7, 11) is 3.84. The smallest absolute Gasteiger partial charge is 0.228 e. The van der Waals surface area contributed by atoms with E-state index in [1.807, 2.05) is 12.1 Å². The molecule has 0 saturated carbocycles. The molecule has 4 rings (SSSR count). The predicted molar refractivity (Wildman–Crippen MR) is 121 cm³/mol. The van der Waals surface area contributed by atoms with Crippen LogP contribution >= 0.6 is 0 Å². The maximum absolute atomic E-state index is 13.1. The number of ether oxygens (including phenoxy) is 1. The Morgan fingerprint density at radius 2 is 1.90 bits per heavy atom. The molecule has 31 heavy (non-hydrogen) atoms. The van der Waals surface area contributed by atoms with Gasteiger partial charge < -0.3 is 15.0 Å². The number of amides is 1. The van der Waals surface area contributed by atoms with Gasteiger partial charge in [-0.2, -0.15) is 0 Å². The molecule has 2 heterocycles. The van der Waals surface area contributed by atoms with Crippen LogP contribution in [0.25, 0.3) is 0 Å². The summed E-state index contributed by atoms with van der Waals surface area (Å²) < 4.78 is 18.4. The van der Waals surface area contributed by atoms with Crippen molar-refractivity contribution < 1.29 is 13.9 Å². The molecule has 2 atom stereocenters. The lowest BCUT2D eigenvalue weighted by atomic mass is 9.86. The second kappa shape index (κ2) is 9.79. The number of hydrogen-bond acceptors (Lipinski definition) is 4. The summed E-state index contributed by atoms with van der Waals surface area (Å²) in [6.07, 6.45) is 3.21. The van der Waals surface area contributed by atoms with Crippen molar-refractivity contribution in [3.05, 3.63) is 59.9 Å². The van der Waals surface area contributed by atoms with Gasteiger partial charge in [-0.05, 0) is 87.3 Å². The van der Waals surface area contributed by atoms with Crippen molar-refractivity contribution in [2.24, 2.45) is 11.8 Å². The molecule has 2 aromatic carbocycles. The molecule has 2 aliphatic heterocycles. The number of nitrogens with zero attached hydrogens (tertiary/aromatic N) is 2. The van der Waals surface area contributed by atoms with Gasteiger partial charge in [0.05, 0.1) is 13.0 Å². The molecule has 0 radical (unpaired) electrons. The number of piperidine rings is 1. The average Bonchev–Trinajstić information content (AvgIpc) is 3.18. The highest BCUT2D eigenvalue weighted by Crippen LogP contribution is 2.34. The summed E-state index contributed by atoms with van der Waals surface area (Å²) >= 11 is 0. The van der Waals surface area contributed by atoms with E-state index in [0.29, 0.717) is 17.6 Å². The molecular weight excluding hydrogens is 393 g/mol. The molecule has 2 fully saturated rings. The highest BCUT2D eigenvalue weighted by molar-refractivity contribution is 5.92. The Bertz CT molecular complexity index is 881. The van der Waals surface area contributed by atoms with Crippen LogP contribution in [0.1, 0.15) is 24.8 Å². The molecular formula is C25H32FN3O2. The standard InChI is InChI=1S/C25H32FN3O2/c1-28-17-20(25(30)27-22-8-6-21(26)7-9-22)15-24(28)19-10-12-29(13-11-19)16-18-4-3-5-23(14-18)31-2/h3-9,14,19-20,24H,10-13,15-17H2,1-2H3,(H,27,30)/t20-,24+/m1/s1. The number of likely N-dealkylation sites (tertiary alicyclic amines) is 2. The molecule has 166 valence electrons. The Balaban J connectivity index is 1.27. The van der Waals surface area contributed by atoms with Gasteiger partial charge in [-0.3, -0.25) is 9.69 Å². The fourth-order valence-electron chi connectivity index (χ4n) is 5.07.